The van der Waals surface area contributed by atoms with Gasteiger partial charge in [-0.3, -0.25) is 29.1 Å². The number of benzene rings is 7. The van der Waals surface area contributed by atoms with Crippen LogP contribution in [0.3, 0.4) is 0 Å². The number of carbonyl (C=O) groups is 3. The molecular weight excluding hydrogens is 1000 g/mol. The third-order valence-corrected chi connectivity index (χ3v) is 14.7. The molecular formula is C72H87N3O6. The summed E-state index contributed by atoms with van der Waals surface area (Å²) in [6, 6.07) is 66.6. The van der Waals surface area contributed by atoms with E-state index in [-0.39, 0.29) is 55.3 Å². The summed E-state index contributed by atoms with van der Waals surface area (Å²) < 4.78 is 18.9. The molecule has 0 aliphatic rings. The zero-order valence-electron chi connectivity index (χ0n) is 50.1. The van der Waals surface area contributed by atoms with E-state index in [1.807, 2.05) is 98.7 Å². The Bertz CT molecular complexity index is 2700. The van der Waals surface area contributed by atoms with E-state index in [4.69, 9.17) is 14.2 Å². The van der Waals surface area contributed by atoms with Crippen molar-refractivity contribution in [2.75, 3.05) is 0 Å². The summed E-state index contributed by atoms with van der Waals surface area (Å²) in [5.41, 5.74) is 6.71. The van der Waals surface area contributed by atoms with Gasteiger partial charge >= 0.3 is 17.9 Å². The Hall–Kier alpha value is -7.17. The summed E-state index contributed by atoms with van der Waals surface area (Å²) in [6.45, 7) is 25.2. The van der Waals surface area contributed by atoms with Gasteiger partial charge in [0.2, 0.25) is 0 Å². The molecule has 9 heteroatoms. The summed E-state index contributed by atoms with van der Waals surface area (Å²) >= 11 is 0. The van der Waals surface area contributed by atoms with E-state index in [1.54, 1.807) is 0 Å². The first-order valence-corrected chi connectivity index (χ1v) is 28.8. The first-order valence-electron chi connectivity index (χ1n) is 28.8. The van der Waals surface area contributed by atoms with Crippen molar-refractivity contribution >= 4 is 17.9 Å². The van der Waals surface area contributed by atoms with Gasteiger partial charge in [-0.1, -0.05) is 200 Å². The van der Waals surface area contributed by atoms with Gasteiger partial charge in [0.1, 0.15) is 16.8 Å². The van der Waals surface area contributed by atoms with Crippen LogP contribution in [0.1, 0.15) is 189 Å². The first kappa shape index (κ1) is 61.4. The second-order valence-corrected chi connectivity index (χ2v) is 24.6. The Kier molecular flexibility index (Phi) is 21.2. The second-order valence-electron chi connectivity index (χ2n) is 24.6. The van der Waals surface area contributed by atoms with Gasteiger partial charge in [0, 0.05) is 55.9 Å². The summed E-state index contributed by atoms with van der Waals surface area (Å²) in [5, 5.41) is 0. The molecule has 6 atom stereocenters. The van der Waals surface area contributed by atoms with Crippen LogP contribution >= 0.6 is 0 Å². The van der Waals surface area contributed by atoms with Crippen molar-refractivity contribution in [1.82, 2.24) is 14.7 Å². The standard InChI is InChI=1S/C72H87N3O6/c1-52(58-37-25-16-26-38-58)73(49-55-31-19-13-20-32-55)64(46-67(76)79-70(4,5)6)61-43-62(65(47-68(77)80-71(7,8)9)74(50-56-33-21-14-22-34-56)53(2)59-39-27-17-28-40-59)45-63(44-61)66(48-69(78)81-72(10,11)12)75(51-57-35-23-15-24-36-57)54(3)60-41-29-18-30-42-60/h13-45,52-54,64-66H,46-51H2,1-12H3/t52-,53-,54-,64+,65+,66+/m0/s1. The Balaban J connectivity index is 1.60. The van der Waals surface area contributed by atoms with E-state index in [0.29, 0.717) is 19.6 Å². The maximum absolute atomic E-state index is 14.9. The normalized spacial score (nSPS) is 14.4. The topological polar surface area (TPSA) is 88.6 Å². The second kappa shape index (κ2) is 28.0. The van der Waals surface area contributed by atoms with Crippen molar-refractivity contribution in [1.29, 1.82) is 0 Å². The van der Waals surface area contributed by atoms with E-state index < -0.39 is 34.9 Å². The first-order chi connectivity index (χ1) is 38.5. The van der Waals surface area contributed by atoms with Crippen molar-refractivity contribution in [2.24, 2.45) is 0 Å². The highest BCUT2D eigenvalue weighted by Crippen LogP contribution is 2.44. The zero-order chi connectivity index (χ0) is 58.3. The Morgan fingerprint density at radius 2 is 0.519 bits per heavy atom. The van der Waals surface area contributed by atoms with Crippen molar-refractivity contribution in [3.63, 3.8) is 0 Å². The fraction of sp³-hybridized carbons (Fsp3) is 0.375. The van der Waals surface area contributed by atoms with E-state index in [0.717, 1.165) is 50.1 Å². The predicted octanol–water partition coefficient (Wildman–Crippen LogP) is 16.8. The monoisotopic (exact) mass is 1090 g/mol. The van der Waals surface area contributed by atoms with Crippen LogP contribution < -0.4 is 0 Å². The van der Waals surface area contributed by atoms with Crippen molar-refractivity contribution in [3.8, 4) is 0 Å². The highest BCUT2D eigenvalue weighted by molar-refractivity contribution is 5.73. The van der Waals surface area contributed by atoms with E-state index >= 15 is 0 Å². The summed E-state index contributed by atoms with van der Waals surface area (Å²) in [6.07, 6.45) is -0.000206. The van der Waals surface area contributed by atoms with Crippen LogP contribution in [-0.2, 0) is 48.2 Å². The van der Waals surface area contributed by atoms with Gasteiger partial charge in [-0.2, -0.15) is 0 Å². The van der Waals surface area contributed by atoms with Gasteiger partial charge in [-0.25, -0.2) is 0 Å². The fourth-order valence-corrected chi connectivity index (χ4v) is 10.9. The lowest BCUT2D eigenvalue weighted by Gasteiger charge is -2.41. The number of hydrogen-bond donors (Lipinski definition) is 0. The number of ether oxygens (including phenoxy) is 3. The fourth-order valence-electron chi connectivity index (χ4n) is 10.9. The molecule has 9 nitrogen and oxygen atoms in total. The Labute approximate surface area is 484 Å². The highest BCUT2D eigenvalue weighted by atomic mass is 16.6. The molecule has 7 aromatic rings. The van der Waals surface area contributed by atoms with Crippen LogP contribution in [-0.4, -0.2) is 49.4 Å². The van der Waals surface area contributed by atoms with Crippen LogP contribution in [0.2, 0.25) is 0 Å². The summed E-state index contributed by atoms with van der Waals surface area (Å²) in [5.74, 6) is -1.04. The molecule has 426 valence electrons. The highest BCUT2D eigenvalue weighted by Gasteiger charge is 2.37. The molecule has 0 saturated carbocycles. The van der Waals surface area contributed by atoms with Gasteiger partial charge in [0.15, 0.2) is 0 Å². The average molecular weight is 1090 g/mol. The number of esters is 3. The summed E-state index contributed by atoms with van der Waals surface area (Å²) in [7, 11) is 0. The lowest BCUT2D eigenvalue weighted by Crippen LogP contribution is -2.37. The minimum absolute atomic E-state index is 0.0000685. The van der Waals surface area contributed by atoms with Crippen molar-refractivity contribution in [3.05, 3.63) is 250 Å². The Morgan fingerprint density at radius 1 is 0.321 bits per heavy atom. The molecule has 7 aromatic carbocycles. The lowest BCUT2D eigenvalue weighted by atomic mass is 9.87. The zero-order valence-corrected chi connectivity index (χ0v) is 50.1. The molecule has 7 rings (SSSR count). The predicted molar refractivity (Wildman–Crippen MR) is 327 cm³/mol. The van der Waals surface area contributed by atoms with Crippen LogP contribution in [0.4, 0.5) is 0 Å². The molecule has 81 heavy (non-hydrogen) atoms. The van der Waals surface area contributed by atoms with Crippen LogP contribution in [0.15, 0.2) is 200 Å². The van der Waals surface area contributed by atoms with Gasteiger partial charge in [0.25, 0.3) is 0 Å². The van der Waals surface area contributed by atoms with Gasteiger partial charge in [-0.15, -0.1) is 0 Å². The average Bonchev–Trinajstić information content (AvgIpc) is 3.54. The molecule has 0 saturated heterocycles. The third-order valence-electron chi connectivity index (χ3n) is 14.7. The SMILES string of the molecule is C[C@@H](c1ccccc1)N(Cc1ccccc1)[C@H](CC(=O)OC(C)(C)C)c1cc([C@@H](CC(=O)OC(C)(C)C)N(Cc2ccccc2)[C@@H](C)c2ccccc2)cc([C@@H](CC(=O)OC(C)(C)C)N(Cc2ccccc2)[C@@H](C)c2ccccc2)c1. The van der Waals surface area contributed by atoms with E-state index in [1.165, 1.54) is 0 Å². The molecule has 0 N–H and O–H groups in total. The maximum Gasteiger partial charge on any atom is 0.308 e. The maximum atomic E-state index is 14.9. The molecule has 0 aromatic heterocycles. The number of nitrogens with zero attached hydrogens (tertiary/aromatic N) is 3. The molecule has 0 aliphatic heterocycles. The molecule has 0 unspecified atom stereocenters. The minimum Gasteiger partial charge on any atom is -0.460 e. The van der Waals surface area contributed by atoms with Gasteiger partial charge in [-0.05, 0) is 133 Å². The van der Waals surface area contributed by atoms with E-state index in [9.17, 15) is 14.4 Å². The van der Waals surface area contributed by atoms with Crippen molar-refractivity contribution in [2.45, 2.75) is 175 Å². The van der Waals surface area contributed by atoms with Crippen molar-refractivity contribution < 1.29 is 28.6 Å². The van der Waals surface area contributed by atoms with Gasteiger partial charge < -0.3 is 14.2 Å². The van der Waals surface area contributed by atoms with Gasteiger partial charge in [0.05, 0.1) is 19.3 Å². The molecule has 0 spiro atoms. The molecule has 0 radical (unpaired) electrons. The van der Waals surface area contributed by atoms with Crippen LogP contribution in [0, 0.1) is 0 Å². The number of rotatable bonds is 24. The lowest BCUT2D eigenvalue weighted by molar-refractivity contribution is -0.157. The summed E-state index contributed by atoms with van der Waals surface area (Å²) in [4.78, 5) is 51.9. The third kappa shape index (κ3) is 18.7. The molecule has 0 heterocycles. The van der Waals surface area contributed by atoms with E-state index in [2.05, 4.69) is 199 Å². The largest absolute Gasteiger partial charge is 0.460 e. The van der Waals surface area contributed by atoms with Crippen LogP contribution in [0.25, 0.3) is 0 Å². The number of carbonyl (C=O) groups excluding carboxylic acids is 3. The van der Waals surface area contributed by atoms with Crippen LogP contribution in [0.5, 0.6) is 0 Å². The Morgan fingerprint density at radius 3 is 0.716 bits per heavy atom. The molecule has 0 bridgehead atoms. The molecule has 0 amide bonds. The minimum atomic E-state index is -0.766. The molecule has 0 aliphatic carbocycles. The number of hydrogen-bond acceptors (Lipinski definition) is 9. The molecule has 0 fully saturated rings. The smallest absolute Gasteiger partial charge is 0.308 e. The quantitative estimate of drug-likeness (QED) is 0.0434.